The fourth-order valence-electron chi connectivity index (χ4n) is 3.14. The van der Waals surface area contributed by atoms with Crippen LogP contribution in [0.4, 0.5) is 5.69 Å². The summed E-state index contributed by atoms with van der Waals surface area (Å²) < 4.78 is 28.9. The highest BCUT2D eigenvalue weighted by molar-refractivity contribution is 7.99. The Morgan fingerprint density at radius 3 is 2.81 bits per heavy atom. The molecule has 3 rings (SSSR count). The van der Waals surface area contributed by atoms with Crippen LogP contribution in [0.2, 0.25) is 0 Å². The molecule has 8 heteroatoms. The van der Waals surface area contributed by atoms with Crippen LogP contribution in [0.3, 0.4) is 0 Å². The molecular weight excluding hydrogens is 400 g/mol. The number of nitrogens with zero attached hydrogens (tertiary/aromatic N) is 1. The van der Waals surface area contributed by atoms with E-state index in [-0.39, 0.29) is 16.8 Å². The molecule has 0 saturated carbocycles. The largest absolute Gasteiger partial charge is 0.311 e. The molecule has 0 bridgehead atoms. The predicted octanol–water partition coefficient (Wildman–Crippen LogP) is 4.42. The van der Waals surface area contributed by atoms with Gasteiger partial charge < -0.3 is 4.90 Å². The highest BCUT2D eigenvalue weighted by Crippen LogP contribution is 2.36. The zero-order valence-corrected chi connectivity index (χ0v) is 17.9. The zero-order valence-electron chi connectivity index (χ0n) is 15.5. The van der Waals surface area contributed by atoms with Crippen molar-refractivity contribution in [1.29, 1.82) is 0 Å². The van der Waals surface area contributed by atoms with E-state index in [9.17, 15) is 13.2 Å². The Bertz CT molecular complexity index is 895. The number of hydrogen-bond acceptors (Lipinski definition) is 5. The zero-order chi connectivity index (χ0) is 19.4. The number of nitrogens with one attached hydrogen (secondary N) is 1. The van der Waals surface area contributed by atoms with Gasteiger partial charge in [0.1, 0.15) is 0 Å². The lowest BCUT2D eigenvalue weighted by molar-refractivity contribution is -0.116. The van der Waals surface area contributed by atoms with E-state index in [0.717, 1.165) is 34.8 Å². The first-order chi connectivity index (χ1) is 12.9. The van der Waals surface area contributed by atoms with E-state index in [1.165, 1.54) is 6.92 Å². The molecule has 146 valence electrons. The summed E-state index contributed by atoms with van der Waals surface area (Å²) >= 11 is 3.22. The van der Waals surface area contributed by atoms with Gasteiger partial charge in [-0.2, -0.15) is 0 Å². The maximum Gasteiger partial charge on any atom is 0.241 e. The summed E-state index contributed by atoms with van der Waals surface area (Å²) in [5.74, 6) is 0.849. The van der Waals surface area contributed by atoms with E-state index >= 15 is 0 Å². The SMILES string of the molecule is CCCC(NS(=O)(=O)c1ccc2c(c1)N(C(C)=O)CCCS2)c1cccs1. The van der Waals surface area contributed by atoms with Crippen molar-refractivity contribution in [2.24, 2.45) is 0 Å². The smallest absolute Gasteiger partial charge is 0.241 e. The summed E-state index contributed by atoms with van der Waals surface area (Å²) in [5.41, 5.74) is 0.691. The van der Waals surface area contributed by atoms with E-state index in [1.807, 2.05) is 30.5 Å². The Kier molecular flexibility index (Phi) is 6.62. The maximum atomic E-state index is 13.0. The van der Waals surface area contributed by atoms with Gasteiger partial charge in [0.25, 0.3) is 0 Å². The topological polar surface area (TPSA) is 66.5 Å². The number of carbonyl (C=O) groups is 1. The van der Waals surface area contributed by atoms with Gasteiger partial charge in [0.2, 0.25) is 15.9 Å². The molecule has 2 aromatic rings. The normalized spacial score (nSPS) is 15.9. The van der Waals surface area contributed by atoms with E-state index in [0.29, 0.717) is 12.2 Å². The summed E-state index contributed by atoms with van der Waals surface area (Å²) in [4.78, 5) is 15.9. The Hall–Kier alpha value is -1.35. The van der Waals surface area contributed by atoms with Gasteiger partial charge in [-0.15, -0.1) is 23.1 Å². The van der Waals surface area contributed by atoms with Gasteiger partial charge in [-0.3, -0.25) is 4.79 Å². The first kappa shape index (κ1) is 20.4. The van der Waals surface area contributed by atoms with Crippen molar-refractivity contribution in [3.05, 3.63) is 40.6 Å². The van der Waals surface area contributed by atoms with Gasteiger partial charge >= 0.3 is 0 Å². The third kappa shape index (κ3) is 4.74. The molecule has 1 unspecified atom stereocenters. The Balaban J connectivity index is 1.94. The van der Waals surface area contributed by atoms with Crippen LogP contribution in [-0.4, -0.2) is 26.6 Å². The van der Waals surface area contributed by atoms with Gasteiger partial charge in [-0.1, -0.05) is 19.4 Å². The third-order valence-corrected chi connectivity index (χ3v) is 8.06. The van der Waals surface area contributed by atoms with Crippen molar-refractivity contribution in [1.82, 2.24) is 4.72 Å². The third-order valence-electron chi connectivity index (χ3n) is 4.46. The second-order valence-electron chi connectivity index (χ2n) is 6.48. The lowest BCUT2D eigenvalue weighted by Crippen LogP contribution is -2.31. The number of anilines is 1. The molecule has 0 spiro atoms. The second kappa shape index (κ2) is 8.77. The maximum absolute atomic E-state index is 13.0. The van der Waals surface area contributed by atoms with Crippen molar-refractivity contribution in [2.75, 3.05) is 17.2 Å². The minimum absolute atomic E-state index is 0.0660. The number of benzene rings is 1. The molecule has 27 heavy (non-hydrogen) atoms. The van der Waals surface area contributed by atoms with Gasteiger partial charge in [-0.05, 0) is 48.2 Å². The highest BCUT2D eigenvalue weighted by Gasteiger charge is 2.25. The van der Waals surface area contributed by atoms with Gasteiger partial charge in [0, 0.05) is 23.2 Å². The Morgan fingerprint density at radius 1 is 1.33 bits per heavy atom. The van der Waals surface area contributed by atoms with Crippen molar-refractivity contribution >= 4 is 44.7 Å². The Labute approximate surface area is 169 Å². The molecule has 0 fully saturated rings. The molecule has 2 heterocycles. The molecule has 0 aliphatic carbocycles. The monoisotopic (exact) mass is 424 g/mol. The lowest BCUT2D eigenvalue weighted by Gasteiger charge is -2.22. The van der Waals surface area contributed by atoms with Crippen LogP contribution in [0, 0.1) is 0 Å². The summed E-state index contributed by atoms with van der Waals surface area (Å²) in [7, 11) is -3.69. The molecule has 1 N–H and O–H groups in total. The Morgan fingerprint density at radius 2 is 2.15 bits per heavy atom. The number of fused-ring (bicyclic) bond motifs is 1. The number of sulfonamides is 1. The molecule has 1 aliphatic rings. The quantitative estimate of drug-likeness (QED) is 0.746. The van der Waals surface area contributed by atoms with Gasteiger partial charge in [-0.25, -0.2) is 13.1 Å². The average Bonchev–Trinajstić information content (AvgIpc) is 3.07. The first-order valence-electron chi connectivity index (χ1n) is 9.03. The van der Waals surface area contributed by atoms with Gasteiger partial charge in [0.05, 0.1) is 16.6 Å². The number of amides is 1. The number of hydrogen-bond donors (Lipinski definition) is 1. The summed E-state index contributed by atoms with van der Waals surface area (Å²) in [6.07, 6.45) is 2.50. The molecule has 1 atom stereocenters. The molecule has 0 radical (unpaired) electrons. The number of rotatable bonds is 6. The van der Waals surface area contributed by atoms with E-state index < -0.39 is 10.0 Å². The van der Waals surface area contributed by atoms with Crippen LogP contribution in [-0.2, 0) is 14.8 Å². The molecule has 1 aliphatic heterocycles. The highest BCUT2D eigenvalue weighted by atomic mass is 32.2. The van der Waals surface area contributed by atoms with Crippen molar-refractivity contribution in [2.45, 2.75) is 48.9 Å². The fraction of sp³-hybridized carbons (Fsp3) is 0.421. The van der Waals surface area contributed by atoms with E-state index in [4.69, 9.17) is 0 Å². The predicted molar refractivity (Wildman–Crippen MR) is 112 cm³/mol. The van der Waals surface area contributed by atoms with Crippen LogP contribution in [0.5, 0.6) is 0 Å². The van der Waals surface area contributed by atoms with Crippen LogP contribution in [0.1, 0.15) is 44.0 Å². The van der Waals surface area contributed by atoms with Crippen molar-refractivity contribution in [3.63, 3.8) is 0 Å². The van der Waals surface area contributed by atoms with E-state index in [1.54, 1.807) is 40.1 Å². The molecule has 1 aromatic heterocycles. The average molecular weight is 425 g/mol. The van der Waals surface area contributed by atoms with Crippen molar-refractivity contribution in [3.8, 4) is 0 Å². The van der Waals surface area contributed by atoms with Gasteiger partial charge in [0.15, 0.2) is 0 Å². The molecule has 1 aromatic carbocycles. The fourth-order valence-corrected chi connectivity index (χ4v) is 6.27. The molecule has 1 amide bonds. The number of carbonyl (C=O) groups excluding carboxylic acids is 1. The number of thioether (sulfide) groups is 1. The summed E-state index contributed by atoms with van der Waals surface area (Å²) in [6.45, 7) is 4.17. The summed E-state index contributed by atoms with van der Waals surface area (Å²) in [6, 6.07) is 8.73. The lowest BCUT2D eigenvalue weighted by atomic mass is 10.1. The van der Waals surface area contributed by atoms with Crippen LogP contribution >= 0.6 is 23.1 Å². The van der Waals surface area contributed by atoms with Crippen LogP contribution in [0.15, 0.2) is 45.5 Å². The number of thiophene rings is 1. The molecule has 0 saturated heterocycles. The minimum Gasteiger partial charge on any atom is -0.311 e. The second-order valence-corrected chi connectivity index (χ2v) is 10.3. The van der Waals surface area contributed by atoms with Crippen molar-refractivity contribution < 1.29 is 13.2 Å². The van der Waals surface area contributed by atoms with E-state index in [2.05, 4.69) is 4.72 Å². The summed E-state index contributed by atoms with van der Waals surface area (Å²) in [5, 5.41) is 1.96. The van der Waals surface area contributed by atoms with Crippen LogP contribution in [0.25, 0.3) is 0 Å². The standard InChI is InChI=1S/C19H24N2O3S3/c1-3-6-16(18-7-4-11-25-18)20-27(23,24)15-8-9-19-17(13-15)21(14(2)22)10-5-12-26-19/h4,7-9,11,13,16,20H,3,5-6,10,12H2,1-2H3. The molecule has 5 nitrogen and oxygen atoms in total. The van der Waals surface area contributed by atoms with Crippen LogP contribution < -0.4 is 9.62 Å². The first-order valence-corrected chi connectivity index (χ1v) is 12.4. The molecular formula is C19H24N2O3S3. The minimum atomic E-state index is -3.69.